The van der Waals surface area contributed by atoms with Gasteiger partial charge in [0.05, 0.1) is 5.52 Å². The molecule has 1 aromatic carbocycles. The standard InChI is InChI=1S/C13H14N4O/c1-3-17-12-6-9(15)4-5-10(12)11(7-14)13(17)16-8(2)18/h4-6H,3,15H2,1-2H3,(H,16,18)/p+1. The van der Waals surface area contributed by atoms with Crippen LogP contribution in [0, 0.1) is 11.3 Å². The van der Waals surface area contributed by atoms with Crippen molar-refractivity contribution in [1.82, 2.24) is 4.57 Å². The van der Waals surface area contributed by atoms with Gasteiger partial charge >= 0.3 is 0 Å². The topological polar surface area (TPSA) is 85.5 Å². The second-order valence-corrected chi connectivity index (χ2v) is 4.11. The number of fused-ring (bicyclic) bond motifs is 1. The molecule has 5 heteroatoms. The summed E-state index contributed by atoms with van der Waals surface area (Å²) in [4.78, 5) is 11.2. The third-order valence-corrected chi connectivity index (χ3v) is 2.85. The summed E-state index contributed by atoms with van der Waals surface area (Å²) >= 11 is 0. The summed E-state index contributed by atoms with van der Waals surface area (Å²) in [5, 5.41) is 12.9. The molecule has 0 spiro atoms. The number of quaternary nitrogens is 1. The molecule has 0 aliphatic heterocycles. The number of nitrogens with one attached hydrogen (secondary N) is 1. The Hall–Kier alpha value is -2.32. The number of amides is 1. The van der Waals surface area contributed by atoms with Crippen molar-refractivity contribution in [2.24, 2.45) is 0 Å². The number of nitriles is 1. The van der Waals surface area contributed by atoms with E-state index in [4.69, 9.17) is 0 Å². The minimum atomic E-state index is -0.182. The first-order valence-electron chi connectivity index (χ1n) is 5.74. The first kappa shape index (κ1) is 12.1. The molecule has 0 saturated heterocycles. The lowest BCUT2D eigenvalue weighted by molar-refractivity contribution is -0.254. The minimum Gasteiger partial charge on any atom is -0.326 e. The van der Waals surface area contributed by atoms with Crippen LogP contribution in [0.25, 0.3) is 10.9 Å². The highest BCUT2D eigenvalue weighted by Crippen LogP contribution is 2.30. The van der Waals surface area contributed by atoms with Crippen molar-refractivity contribution in [3.8, 4) is 6.07 Å². The van der Waals surface area contributed by atoms with E-state index >= 15 is 0 Å². The predicted molar refractivity (Wildman–Crippen MR) is 69.2 cm³/mol. The second-order valence-electron chi connectivity index (χ2n) is 4.11. The van der Waals surface area contributed by atoms with Gasteiger partial charge in [-0.05, 0) is 19.1 Å². The summed E-state index contributed by atoms with van der Waals surface area (Å²) in [6.07, 6.45) is 0. The Bertz CT molecular complexity index is 664. The molecule has 0 aliphatic carbocycles. The summed E-state index contributed by atoms with van der Waals surface area (Å²) < 4.78 is 1.92. The van der Waals surface area contributed by atoms with Gasteiger partial charge in [-0.3, -0.25) is 4.79 Å². The lowest BCUT2D eigenvalue weighted by Gasteiger charge is -2.07. The van der Waals surface area contributed by atoms with Crippen molar-refractivity contribution < 1.29 is 10.5 Å². The van der Waals surface area contributed by atoms with Gasteiger partial charge in [-0.15, -0.1) is 0 Å². The number of nitrogens with zero attached hydrogens (tertiary/aromatic N) is 2. The van der Waals surface area contributed by atoms with E-state index < -0.39 is 0 Å². The Kier molecular flexibility index (Phi) is 3.04. The molecular weight excluding hydrogens is 228 g/mol. The molecular formula is C13H15N4O+. The number of aryl methyl sites for hydroxylation is 1. The molecule has 2 aromatic rings. The first-order chi connectivity index (χ1) is 8.58. The Balaban J connectivity index is 2.82. The van der Waals surface area contributed by atoms with Crippen molar-refractivity contribution in [1.29, 1.82) is 5.26 Å². The second kappa shape index (κ2) is 4.51. The van der Waals surface area contributed by atoms with E-state index in [2.05, 4.69) is 17.1 Å². The molecule has 0 bridgehead atoms. The molecule has 4 N–H and O–H groups in total. The molecule has 0 unspecified atom stereocenters. The van der Waals surface area contributed by atoms with Crippen LogP contribution in [-0.2, 0) is 11.3 Å². The highest BCUT2D eigenvalue weighted by molar-refractivity contribution is 5.99. The van der Waals surface area contributed by atoms with Crippen molar-refractivity contribution in [2.45, 2.75) is 20.4 Å². The first-order valence-corrected chi connectivity index (χ1v) is 5.74. The van der Waals surface area contributed by atoms with E-state index in [0.717, 1.165) is 16.6 Å². The van der Waals surface area contributed by atoms with E-state index in [0.29, 0.717) is 17.9 Å². The van der Waals surface area contributed by atoms with Crippen LogP contribution in [0.3, 0.4) is 0 Å². The van der Waals surface area contributed by atoms with Crippen LogP contribution in [0.2, 0.25) is 0 Å². The maximum absolute atomic E-state index is 11.2. The maximum Gasteiger partial charge on any atom is 0.222 e. The SMILES string of the molecule is CCn1c(NC(C)=O)c(C#N)c2ccc([NH3+])cc21. The number of anilines is 1. The monoisotopic (exact) mass is 243 g/mol. The molecule has 1 heterocycles. The summed E-state index contributed by atoms with van der Waals surface area (Å²) in [7, 11) is 0. The summed E-state index contributed by atoms with van der Waals surface area (Å²) in [5.41, 5.74) is 6.19. The fourth-order valence-electron chi connectivity index (χ4n) is 2.13. The number of aromatic nitrogens is 1. The number of carbonyl (C=O) groups excluding carboxylic acids is 1. The highest BCUT2D eigenvalue weighted by atomic mass is 16.1. The average molecular weight is 243 g/mol. The molecule has 0 fully saturated rings. The minimum absolute atomic E-state index is 0.182. The fraction of sp³-hybridized carbons (Fsp3) is 0.231. The smallest absolute Gasteiger partial charge is 0.222 e. The molecule has 0 aliphatic rings. The van der Waals surface area contributed by atoms with Crippen LogP contribution in [0.5, 0.6) is 0 Å². The summed E-state index contributed by atoms with van der Waals surface area (Å²) in [6, 6.07) is 7.81. The lowest BCUT2D eigenvalue weighted by Crippen LogP contribution is -2.39. The normalized spacial score (nSPS) is 10.3. The zero-order valence-corrected chi connectivity index (χ0v) is 10.4. The molecule has 1 amide bonds. The molecule has 0 radical (unpaired) electrons. The lowest BCUT2D eigenvalue weighted by atomic mass is 10.1. The highest BCUT2D eigenvalue weighted by Gasteiger charge is 2.17. The third-order valence-electron chi connectivity index (χ3n) is 2.85. The zero-order valence-electron chi connectivity index (χ0n) is 10.4. The van der Waals surface area contributed by atoms with Crippen molar-refractivity contribution in [2.75, 3.05) is 5.32 Å². The number of hydrogen-bond acceptors (Lipinski definition) is 2. The Morgan fingerprint density at radius 1 is 1.56 bits per heavy atom. The van der Waals surface area contributed by atoms with Crippen molar-refractivity contribution >= 4 is 28.3 Å². The van der Waals surface area contributed by atoms with Gasteiger partial charge in [0.1, 0.15) is 23.1 Å². The molecule has 0 saturated carbocycles. The van der Waals surface area contributed by atoms with E-state index in [-0.39, 0.29) is 5.91 Å². The van der Waals surface area contributed by atoms with E-state index in [9.17, 15) is 10.1 Å². The zero-order chi connectivity index (χ0) is 13.3. The van der Waals surface area contributed by atoms with Crippen LogP contribution < -0.4 is 11.1 Å². The Morgan fingerprint density at radius 2 is 2.28 bits per heavy atom. The Labute approximate surface area is 105 Å². The van der Waals surface area contributed by atoms with Crippen molar-refractivity contribution in [3.63, 3.8) is 0 Å². The van der Waals surface area contributed by atoms with E-state index in [1.807, 2.05) is 29.7 Å². The number of hydrogen-bond donors (Lipinski definition) is 2. The molecule has 92 valence electrons. The van der Waals surface area contributed by atoms with Crippen LogP contribution in [0.4, 0.5) is 11.5 Å². The molecule has 18 heavy (non-hydrogen) atoms. The summed E-state index contributed by atoms with van der Waals surface area (Å²) in [5.74, 6) is 0.381. The molecule has 5 nitrogen and oxygen atoms in total. The van der Waals surface area contributed by atoms with Gasteiger partial charge in [-0.1, -0.05) is 0 Å². The van der Waals surface area contributed by atoms with Gasteiger partial charge in [0, 0.05) is 24.9 Å². The quantitative estimate of drug-likeness (QED) is 0.834. The maximum atomic E-state index is 11.2. The van der Waals surface area contributed by atoms with Gasteiger partial charge < -0.3 is 15.6 Å². The third kappa shape index (κ3) is 1.83. The molecule has 0 atom stereocenters. The van der Waals surface area contributed by atoms with Gasteiger partial charge in [0.2, 0.25) is 5.91 Å². The number of carbonyl (C=O) groups is 1. The fourth-order valence-corrected chi connectivity index (χ4v) is 2.13. The Morgan fingerprint density at radius 3 is 2.83 bits per heavy atom. The number of rotatable bonds is 2. The predicted octanol–water partition coefficient (Wildman–Crippen LogP) is 1.36. The van der Waals surface area contributed by atoms with Gasteiger partial charge in [0.25, 0.3) is 0 Å². The van der Waals surface area contributed by atoms with E-state index in [1.54, 1.807) is 0 Å². The largest absolute Gasteiger partial charge is 0.326 e. The van der Waals surface area contributed by atoms with Crippen LogP contribution in [-0.4, -0.2) is 10.5 Å². The van der Waals surface area contributed by atoms with Crippen molar-refractivity contribution in [3.05, 3.63) is 23.8 Å². The molecule has 2 rings (SSSR count). The van der Waals surface area contributed by atoms with E-state index in [1.165, 1.54) is 6.92 Å². The average Bonchev–Trinajstić information content (AvgIpc) is 2.60. The number of benzene rings is 1. The van der Waals surface area contributed by atoms with Gasteiger partial charge in [-0.2, -0.15) is 5.26 Å². The van der Waals surface area contributed by atoms with Crippen LogP contribution >= 0.6 is 0 Å². The van der Waals surface area contributed by atoms with Gasteiger partial charge in [0.15, 0.2) is 0 Å². The van der Waals surface area contributed by atoms with Crippen LogP contribution in [0.15, 0.2) is 18.2 Å². The van der Waals surface area contributed by atoms with Gasteiger partial charge in [-0.25, -0.2) is 0 Å². The van der Waals surface area contributed by atoms with Crippen LogP contribution in [0.1, 0.15) is 19.4 Å². The summed E-state index contributed by atoms with van der Waals surface area (Å²) in [6.45, 7) is 4.09. The molecule has 1 aromatic heterocycles.